The van der Waals surface area contributed by atoms with E-state index >= 15 is 0 Å². The number of amides is 1. The SMILES string of the molecule is Cn1ccc2c(CN3CCC(CC4CC4)(C(=O)NCc4cc(C(F)(F)F)cc(C(F)(F)F)c4)C3)ccc(F)c2c1=O. The highest BCUT2D eigenvalue weighted by Crippen LogP contribution is 2.46. The van der Waals surface area contributed by atoms with Crippen molar-refractivity contribution in [1.29, 1.82) is 0 Å². The van der Waals surface area contributed by atoms with Gasteiger partial charge in [-0.3, -0.25) is 14.5 Å². The number of aromatic nitrogens is 1. The minimum absolute atomic E-state index is 0.0204. The number of nitrogens with zero attached hydrogens (tertiary/aromatic N) is 2. The predicted molar refractivity (Wildman–Crippen MR) is 137 cm³/mol. The van der Waals surface area contributed by atoms with Gasteiger partial charge in [-0.2, -0.15) is 26.3 Å². The summed E-state index contributed by atoms with van der Waals surface area (Å²) in [4.78, 5) is 28.1. The van der Waals surface area contributed by atoms with Crippen LogP contribution in [-0.4, -0.2) is 28.5 Å². The van der Waals surface area contributed by atoms with E-state index in [1.807, 2.05) is 4.90 Å². The third-order valence-electron chi connectivity index (χ3n) is 8.07. The Morgan fingerprint density at radius 2 is 1.68 bits per heavy atom. The number of pyridine rings is 1. The number of hydrogen-bond donors (Lipinski definition) is 1. The summed E-state index contributed by atoms with van der Waals surface area (Å²) in [6.07, 6.45) is -5.50. The largest absolute Gasteiger partial charge is 0.416 e. The molecule has 1 aromatic heterocycles. The fourth-order valence-corrected chi connectivity index (χ4v) is 5.76. The van der Waals surface area contributed by atoms with Gasteiger partial charge in [0.2, 0.25) is 5.91 Å². The lowest BCUT2D eigenvalue weighted by molar-refractivity contribution is -0.143. The zero-order valence-electron chi connectivity index (χ0n) is 22.1. The second-order valence-corrected chi connectivity index (χ2v) is 11.2. The van der Waals surface area contributed by atoms with Gasteiger partial charge in [-0.25, -0.2) is 4.39 Å². The summed E-state index contributed by atoms with van der Waals surface area (Å²) in [6, 6.07) is 5.80. The Bertz CT molecular complexity index is 1510. The Morgan fingerprint density at radius 1 is 1.02 bits per heavy atom. The first kappa shape index (κ1) is 29.1. The molecule has 2 fully saturated rings. The highest BCUT2D eigenvalue weighted by molar-refractivity contribution is 5.85. The molecule has 5 rings (SSSR count). The average Bonchev–Trinajstić information content (AvgIpc) is 3.62. The van der Waals surface area contributed by atoms with Crippen molar-refractivity contribution in [1.82, 2.24) is 14.8 Å². The van der Waals surface area contributed by atoms with Crippen molar-refractivity contribution in [3.8, 4) is 0 Å². The number of nitrogens with one attached hydrogen (secondary N) is 1. The highest BCUT2D eigenvalue weighted by atomic mass is 19.4. The van der Waals surface area contributed by atoms with Gasteiger partial charge < -0.3 is 9.88 Å². The second kappa shape index (κ2) is 10.5. The quantitative estimate of drug-likeness (QED) is 0.346. The fourth-order valence-electron chi connectivity index (χ4n) is 5.76. The summed E-state index contributed by atoms with van der Waals surface area (Å²) in [5, 5.41) is 3.07. The van der Waals surface area contributed by atoms with Gasteiger partial charge in [-0.15, -0.1) is 0 Å². The van der Waals surface area contributed by atoms with Gasteiger partial charge in [-0.05, 0) is 72.1 Å². The van der Waals surface area contributed by atoms with Gasteiger partial charge in [0, 0.05) is 32.9 Å². The van der Waals surface area contributed by atoms with Crippen LogP contribution in [-0.2, 0) is 37.3 Å². The van der Waals surface area contributed by atoms with Gasteiger partial charge in [0.25, 0.3) is 5.56 Å². The molecule has 3 aromatic rings. The lowest BCUT2D eigenvalue weighted by Gasteiger charge is -2.29. The molecule has 1 saturated carbocycles. The molecular weight excluding hydrogens is 555 g/mol. The number of hydrogen-bond acceptors (Lipinski definition) is 3. The molecule has 41 heavy (non-hydrogen) atoms. The van der Waals surface area contributed by atoms with Gasteiger partial charge >= 0.3 is 12.4 Å². The minimum atomic E-state index is -4.98. The summed E-state index contributed by atoms with van der Waals surface area (Å²) < 4.78 is 95.4. The van der Waals surface area contributed by atoms with Crippen LogP contribution in [0.15, 0.2) is 47.4 Å². The van der Waals surface area contributed by atoms with E-state index in [0.717, 1.165) is 12.8 Å². The molecule has 0 spiro atoms. The highest BCUT2D eigenvalue weighted by Gasteiger charge is 2.47. The van der Waals surface area contributed by atoms with Crippen LogP contribution < -0.4 is 10.9 Å². The maximum atomic E-state index is 14.5. The zero-order chi connectivity index (χ0) is 29.7. The summed E-state index contributed by atoms with van der Waals surface area (Å²) in [5.41, 5.74) is -3.78. The van der Waals surface area contributed by atoms with Crippen LogP contribution in [0.1, 0.15) is 47.9 Å². The van der Waals surface area contributed by atoms with Crippen LogP contribution in [0.5, 0.6) is 0 Å². The second-order valence-electron chi connectivity index (χ2n) is 11.2. The lowest BCUT2D eigenvalue weighted by Crippen LogP contribution is -2.43. The van der Waals surface area contributed by atoms with E-state index in [-0.39, 0.29) is 17.0 Å². The smallest absolute Gasteiger partial charge is 0.352 e. The number of alkyl halides is 6. The molecule has 0 radical (unpaired) electrons. The van der Waals surface area contributed by atoms with Crippen LogP contribution in [0.3, 0.4) is 0 Å². The minimum Gasteiger partial charge on any atom is -0.352 e. The lowest BCUT2D eigenvalue weighted by atomic mass is 9.80. The third kappa shape index (κ3) is 6.12. The van der Waals surface area contributed by atoms with Gasteiger partial charge in [0.15, 0.2) is 0 Å². The Morgan fingerprint density at radius 3 is 2.29 bits per heavy atom. The van der Waals surface area contributed by atoms with Gasteiger partial charge in [-0.1, -0.05) is 18.9 Å². The van der Waals surface area contributed by atoms with E-state index in [4.69, 9.17) is 0 Å². The van der Waals surface area contributed by atoms with Crippen LogP contribution >= 0.6 is 0 Å². The number of benzene rings is 2. The number of carbonyl (C=O) groups excluding carboxylic acids is 1. The van der Waals surface area contributed by atoms with Crippen molar-refractivity contribution >= 4 is 16.7 Å². The van der Waals surface area contributed by atoms with Crippen LogP contribution in [0.4, 0.5) is 30.7 Å². The Hall–Kier alpha value is -3.41. The molecule has 1 atom stereocenters. The Balaban J connectivity index is 1.35. The van der Waals surface area contributed by atoms with Crippen molar-refractivity contribution in [2.45, 2.75) is 51.1 Å². The van der Waals surface area contributed by atoms with Crippen LogP contribution in [0.2, 0.25) is 0 Å². The number of aryl methyl sites for hydroxylation is 1. The molecule has 0 bridgehead atoms. The zero-order valence-corrected chi connectivity index (χ0v) is 22.1. The molecule has 2 aromatic carbocycles. The van der Waals surface area contributed by atoms with E-state index in [0.29, 0.717) is 61.5 Å². The van der Waals surface area contributed by atoms with Crippen molar-refractivity contribution in [3.63, 3.8) is 0 Å². The third-order valence-corrected chi connectivity index (χ3v) is 8.07. The van der Waals surface area contributed by atoms with Crippen LogP contribution in [0.25, 0.3) is 10.8 Å². The number of fused-ring (bicyclic) bond motifs is 1. The summed E-state index contributed by atoms with van der Waals surface area (Å²) in [7, 11) is 1.53. The average molecular weight is 584 g/mol. The molecule has 2 heterocycles. The first-order valence-electron chi connectivity index (χ1n) is 13.2. The van der Waals surface area contributed by atoms with Gasteiger partial charge in [0.1, 0.15) is 5.82 Å². The molecule has 220 valence electrons. The monoisotopic (exact) mass is 583 g/mol. The molecule has 1 saturated heterocycles. The number of likely N-dealkylation sites (tertiary alicyclic amines) is 1. The first-order chi connectivity index (χ1) is 19.2. The van der Waals surface area contributed by atoms with Gasteiger partial charge in [0.05, 0.1) is 21.9 Å². The first-order valence-corrected chi connectivity index (χ1v) is 13.2. The van der Waals surface area contributed by atoms with E-state index in [2.05, 4.69) is 5.32 Å². The molecular formula is C29H28F7N3O2. The van der Waals surface area contributed by atoms with E-state index in [1.54, 1.807) is 18.3 Å². The van der Waals surface area contributed by atoms with E-state index < -0.39 is 52.7 Å². The molecule has 1 aliphatic carbocycles. The van der Waals surface area contributed by atoms with Crippen molar-refractivity contribution in [3.05, 3.63) is 81.0 Å². The molecule has 1 N–H and O–H groups in total. The molecule has 5 nitrogen and oxygen atoms in total. The van der Waals surface area contributed by atoms with Crippen LogP contribution in [0, 0.1) is 17.2 Å². The summed E-state index contributed by atoms with van der Waals surface area (Å²) in [6.45, 7) is 0.678. The number of rotatable bonds is 7. The Labute approximate surface area is 230 Å². The maximum Gasteiger partial charge on any atom is 0.416 e. The number of halogens is 7. The summed E-state index contributed by atoms with van der Waals surface area (Å²) in [5.74, 6) is -0.728. The normalized spacial score (nSPS) is 20.1. The number of carbonyl (C=O) groups is 1. The molecule has 1 amide bonds. The molecule has 12 heteroatoms. The van der Waals surface area contributed by atoms with E-state index in [1.165, 1.54) is 17.7 Å². The molecule has 2 aliphatic rings. The Kier molecular flexibility index (Phi) is 7.42. The maximum absolute atomic E-state index is 14.5. The predicted octanol–water partition coefficient (Wildman–Crippen LogP) is 6.02. The van der Waals surface area contributed by atoms with E-state index in [9.17, 15) is 40.3 Å². The molecule has 1 unspecified atom stereocenters. The topological polar surface area (TPSA) is 54.3 Å². The van der Waals surface area contributed by atoms with Crippen molar-refractivity contribution in [2.75, 3.05) is 13.1 Å². The standard InChI is InChI=1S/C29H28F7N3O2/c1-38-8-6-22-19(4-5-23(30)24(22)25(38)40)15-39-9-7-27(16-39,13-17-2-3-17)26(41)37-14-18-10-20(28(31,32)33)12-21(11-18)29(34,35)36/h4-6,8,10-12,17H,2-3,7,9,13-16H2,1H3,(H,37,41). The molecule has 1 aliphatic heterocycles. The fraction of sp³-hybridized carbons (Fsp3) is 0.448. The summed E-state index contributed by atoms with van der Waals surface area (Å²) >= 11 is 0. The van der Waals surface area contributed by atoms with Crippen molar-refractivity contribution < 1.29 is 35.5 Å². The van der Waals surface area contributed by atoms with Crippen molar-refractivity contribution in [2.24, 2.45) is 18.4 Å².